The molecule has 0 heterocycles. The van der Waals surface area contributed by atoms with Gasteiger partial charge in [-0.3, -0.25) is 0 Å². The maximum absolute atomic E-state index is 3.83. The third kappa shape index (κ3) is 7.45. The van der Waals surface area contributed by atoms with Crippen molar-refractivity contribution >= 4 is 6.21 Å². The van der Waals surface area contributed by atoms with Crippen LogP contribution in [-0.2, 0) is 13.0 Å². The van der Waals surface area contributed by atoms with Gasteiger partial charge in [-0.1, -0.05) is 65.5 Å². The molecule has 0 saturated carbocycles. The van der Waals surface area contributed by atoms with Crippen LogP contribution in [-0.4, -0.2) is 10.8 Å². The number of rotatable bonds is 8. The number of nitrogens with zero attached hydrogens (tertiary/aromatic N) is 1. The predicted molar refractivity (Wildman–Crippen MR) is 103 cm³/mol. The molecular weight excluding hydrogens is 278 g/mol. The first kappa shape index (κ1) is 19.4. The van der Waals surface area contributed by atoms with Crippen molar-refractivity contribution in [1.82, 2.24) is 0 Å². The Kier molecular flexibility index (Phi) is 7.48. The quantitative estimate of drug-likeness (QED) is 0.418. The Morgan fingerprint density at radius 1 is 1.04 bits per heavy atom. The summed E-state index contributed by atoms with van der Waals surface area (Å²) in [4.78, 5) is 0. The van der Waals surface area contributed by atoms with Gasteiger partial charge in [-0.2, -0.15) is 0 Å². The molecular formula is C22H34N+. The minimum Gasteiger partial charge on any atom is -0.201 e. The van der Waals surface area contributed by atoms with Gasteiger partial charge in [0.15, 0.2) is 19.0 Å². The van der Waals surface area contributed by atoms with Gasteiger partial charge < -0.3 is 0 Å². The monoisotopic (exact) mass is 312 g/mol. The fourth-order valence-electron chi connectivity index (χ4n) is 2.94. The van der Waals surface area contributed by atoms with E-state index in [1.807, 2.05) is 17.0 Å². The highest BCUT2D eigenvalue weighted by molar-refractivity contribution is 5.65. The molecule has 23 heavy (non-hydrogen) atoms. The van der Waals surface area contributed by atoms with E-state index in [-0.39, 0.29) is 0 Å². The van der Waals surface area contributed by atoms with Gasteiger partial charge in [0.1, 0.15) is 0 Å². The van der Waals surface area contributed by atoms with Gasteiger partial charge in [-0.05, 0) is 48.3 Å². The summed E-state index contributed by atoms with van der Waals surface area (Å²) < 4.78 is 2.04. The molecule has 0 N–H and O–H groups in total. The molecule has 0 fully saturated rings. The molecule has 1 aromatic carbocycles. The fourth-order valence-corrected chi connectivity index (χ4v) is 2.94. The highest BCUT2D eigenvalue weighted by Gasteiger charge is 2.21. The lowest BCUT2D eigenvalue weighted by molar-refractivity contribution is -0.468. The minimum absolute atomic E-state index is 0.389. The molecule has 126 valence electrons. The summed E-state index contributed by atoms with van der Waals surface area (Å²) in [5, 5.41) is 0. The molecule has 0 aromatic heterocycles. The van der Waals surface area contributed by atoms with E-state index in [2.05, 4.69) is 72.0 Å². The lowest BCUT2D eigenvalue weighted by Gasteiger charge is -2.29. The molecule has 1 nitrogen and oxygen atoms in total. The molecule has 1 unspecified atom stereocenters. The summed E-state index contributed by atoms with van der Waals surface area (Å²) in [5.41, 5.74) is 3.12. The van der Waals surface area contributed by atoms with E-state index in [1.54, 1.807) is 6.08 Å². The van der Waals surface area contributed by atoms with Crippen LogP contribution in [0.1, 0.15) is 52.2 Å². The van der Waals surface area contributed by atoms with E-state index in [9.17, 15) is 0 Å². The third-order valence-electron chi connectivity index (χ3n) is 4.23. The van der Waals surface area contributed by atoms with E-state index < -0.39 is 0 Å². The van der Waals surface area contributed by atoms with Gasteiger partial charge in [0.05, 0.1) is 0 Å². The van der Waals surface area contributed by atoms with Crippen LogP contribution in [0.25, 0.3) is 0 Å². The zero-order chi connectivity index (χ0) is 17.5. The summed E-state index contributed by atoms with van der Waals surface area (Å²) in [6.45, 7) is 20.1. The Bertz CT molecular complexity index is 526. The van der Waals surface area contributed by atoms with Crippen molar-refractivity contribution in [2.75, 3.05) is 0 Å². The lowest BCUT2D eigenvalue weighted by Crippen LogP contribution is -2.20. The van der Waals surface area contributed by atoms with Gasteiger partial charge in [0.2, 0.25) is 0 Å². The number of hydrogen-bond acceptors (Lipinski definition) is 0. The summed E-state index contributed by atoms with van der Waals surface area (Å²) in [5.74, 6) is 1.45. The Morgan fingerprint density at radius 2 is 1.61 bits per heavy atom. The second kappa shape index (κ2) is 8.86. The van der Waals surface area contributed by atoms with Crippen LogP contribution in [0, 0.1) is 17.3 Å². The number of allylic oxidation sites excluding steroid dienone is 1. The largest absolute Gasteiger partial charge is 0.201 e. The zero-order valence-corrected chi connectivity index (χ0v) is 15.7. The molecule has 0 saturated heterocycles. The van der Waals surface area contributed by atoms with E-state index in [4.69, 9.17) is 0 Å². The van der Waals surface area contributed by atoms with Crippen molar-refractivity contribution in [2.45, 2.75) is 54.0 Å². The van der Waals surface area contributed by atoms with Crippen LogP contribution in [0.15, 0.2) is 49.7 Å². The Labute approximate surface area is 143 Å². The third-order valence-corrected chi connectivity index (χ3v) is 4.23. The fraction of sp³-hybridized carbons (Fsp3) is 0.500. The molecule has 0 amide bonds. The van der Waals surface area contributed by atoms with Crippen LogP contribution < -0.4 is 0 Å². The molecule has 0 aliphatic rings. The lowest BCUT2D eigenvalue weighted by atomic mass is 9.77. The van der Waals surface area contributed by atoms with Crippen molar-refractivity contribution in [2.24, 2.45) is 17.3 Å². The van der Waals surface area contributed by atoms with Crippen molar-refractivity contribution in [3.8, 4) is 0 Å². The van der Waals surface area contributed by atoms with Crippen LogP contribution in [0.3, 0.4) is 0 Å². The second-order valence-electron chi connectivity index (χ2n) is 8.03. The highest BCUT2D eigenvalue weighted by Crippen LogP contribution is 2.31. The number of benzene rings is 1. The first-order valence-corrected chi connectivity index (χ1v) is 8.67. The predicted octanol–water partition coefficient (Wildman–Crippen LogP) is 5.85. The average Bonchev–Trinajstić information content (AvgIpc) is 2.46. The summed E-state index contributed by atoms with van der Waals surface area (Å²) >= 11 is 0. The maximum atomic E-state index is 3.83. The van der Waals surface area contributed by atoms with Crippen LogP contribution in [0.5, 0.6) is 0 Å². The minimum atomic E-state index is 0.389. The molecule has 1 atom stereocenters. The van der Waals surface area contributed by atoms with Crippen molar-refractivity contribution in [3.05, 3.63) is 60.8 Å². The molecule has 1 rings (SSSR count). The number of hydrogen-bond donors (Lipinski definition) is 0. The summed E-state index contributed by atoms with van der Waals surface area (Å²) in [6, 6.07) is 9.03. The molecule has 0 spiro atoms. The van der Waals surface area contributed by atoms with Gasteiger partial charge in [0.25, 0.3) is 0 Å². The molecule has 1 aromatic rings. The van der Waals surface area contributed by atoms with E-state index in [1.165, 1.54) is 24.0 Å². The zero-order valence-electron chi connectivity index (χ0n) is 15.7. The van der Waals surface area contributed by atoms with Gasteiger partial charge in [-0.15, -0.1) is 0 Å². The van der Waals surface area contributed by atoms with Crippen molar-refractivity contribution < 1.29 is 4.58 Å². The van der Waals surface area contributed by atoms with Crippen LogP contribution >= 0.6 is 0 Å². The summed E-state index contributed by atoms with van der Waals surface area (Å²) in [7, 11) is 0. The molecule has 0 aliphatic carbocycles. The maximum Gasteiger partial charge on any atom is 0.173 e. The SMILES string of the molecule is C=CC=[N+](C=C)Cc1ccc(CC(CC(C)(C)C)C(C)C)cc1. The highest BCUT2D eigenvalue weighted by atomic mass is 15.0. The van der Waals surface area contributed by atoms with E-state index in [0.29, 0.717) is 11.3 Å². The summed E-state index contributed by atoms with van der Waals surface area (Å²) in [6.07, 6.45) is 7.99. The Hall–Kier alpha value is -1.63. The first-order chi connectivity index (χ1) is 10.7. The van der Waals surface area contributed by atoms with Gasteiger partial charge >= 0.3 is 0 Å². The first-order valence-electron chi connectivity index (χ1n) is 8.67. The topological polar surface area (TPSA) is 3.01 Å². The molecule has 0 radical (unpaired) electrons. The van der Waals surface area contributed by atoms with Crippen molar-refractivity contribution in [1.29, 1.82) is 0 Å². The molecule has 0 bridgehead atoms. The average molecular weight is 313 g/mol. The van der Waals surface area contributed by atoms with Crippen molar-refractivity contribution in [3.63, 3.8) is 0 Å². The van der Waals surface area contributed by atoms with Crippen LogP contribution in [0.2, 0.25) is 0 Å². The Morgan fingerprint density at radius 3 is 2.04 bits per heavy atom. The second-order valence-corrected chi connectivity index (χ2v) is 8.03. The van der Waals surface area contributed by atoms with E-state index in [0.717, 1.165) is 12.5 Å². The van der Waals surface area contributed by atoms with Gasteiger partial charge in [-0.25, -0.2) is 4.58 Å². The van der Waals surface area contributed by atoms with Gasteiger partial charge in [0, 0.05) is 5.56 Å². The Balaban J connectivity index is 2.77. The molecule has 0 aliphatic heterocycles. The van der Waals surface area contributed by atoms with E-state index >= 15 is 0 Å². The normalized spacial score (nSPS) is 13.9. The molecule has 1 heteroatoms. The smallest absolute Gasteiger partial charge is 0.173 e. The van der Waals surface area contributed by atoms with Crippen LogP contribution in [0.4, 0.5) is 0 Å². The standard InChI is InChI=1S/C22H34N/c1-8-14-23(9-2)17-20-12-10-19(11-13-20)15-21(18(3)4)16-22(5,6)7/h8-14,18,21H,1-2,15-17H2,3-7H3/q+1.